The van der Waals surface area contributed by atoms with Crippen LogP contribution in [0.2, 0.25) is 0 Å². The molecule has 0 aliphatic carbocycles. The van der Waals surface area contributed by atoms with Crippen molar-refractivity contribution in [1.82, 2.24) is 0 Å². The fourth-order valence-corrected chi connectivity index (χ4v) is 2.50. The van der Waals surface area contributed by atoms with Crippen molar-refractivity contribution in [1.29, 1.82) is 0 Å². The largest absolute Gasteiger partial charge is 0.504 e. The first kappa shape index (κ1) is 15.1. The molecule has 1 aliphatic rings. The third kappa shape index (κ3) is 3.04. The van der Waals surface area contributed by atoms with Crippen LogP contribution < -0.4 is 9.47 Å². The van der Waals surface area contributed by atoms with Gasteiger partial charge >= 0.3 is 0 Å². The monoisotopic (exact) mass is 314 g/mol. The number of ether oxygens (including phenoxy) is 2. The van der Waals surface area contributed by atoms with E-state index in [1.54, 1.807) is 18.2 Å². The van der Waals surface area contributed by atoms with Crippen molar-refractivity contribution in [3.05, 3.63) is 58.9 Å². The lowest BCUT2D eigenvalue weighted by Crippen LogP contribution is -2.02. The minimum Gasteiger partial charge on any atom is -0.504 e. The molecule has 23 heavy (non-hydrogen) atoms. The average Bonchev–Trinajstić information content (AvgIpc) is 2.68. The maximum absolute atomic E-state index is 13.4. The number of Topliss-reactive ketones (excluding diaryl/α,β-unsaturated/α-hetero) is 1. The molecule has 3 rings (SSSR count). The highest BCUT2D eigenvalue weighted by Gasteiger charge is 2.21. The average molecular weight is 314 g/mol. The summed E-state index contributed by atoms with van der Waals surface area (Å²) in [6.45, 7) is 0.332. The lowest BCUT2D eigenvalue weighted by molar-refractivity contribution is 0.103. The number of carbonyl (C=O) groups is 1. The summed E-state index contributed by atoms with van der Waals surface area (Å²) >= 11 is 0. The van der Waals surface area contributed by atoms with E-state index in [0.717, 1.165) is 0 Å². The van der Waals surface area contributed by atoms with Gasteiger partial charge in [-0.3, -0.25) is 4.79 Å². The van der Waals surface area contributed by atoms with Gasteiger partial charge in [-0.25, -0.2) is 4.39 Å². The molecule has 0 atom stereocenters. The molecule has 1 N–H and O–H groups in total. The quantitative estimate of drug-likeness (QED) is 0.861. The van der Waals surface area contributed by atoms with Crippen LogP contribution in [0.5, 0.6) is 17.2 Å². The molecule has 118 valence electrons. The van der Waals surface area contributed by atoms with E-state index in [-0.39, 0.29) is 17.1 Å². The Morgan fingerprint density at radius 3 is 2.83 bits per heavy atom. The highest BCUT2D eigenvalue weighted by molar-refractivity contribution is 6.13. The molecule has 0 saturated carbocycles. The van der Waals surface area contributed by atoms with Crippen molar-refractivity contribution >= 4 is 11.9 Å². The van der Waals surface area contributed by atoms with Gasteiger partial charge in [0, 0.05) is 12.0 Å². The van der Waals surface area contributed by atoms with Crippen molar-refractivity contribution in [2.24, 2.45) is 0 Å². The molecule has 0 aromatic heterocycles. The number of aromatic hydroxyl groups is 1. The van der Waals surface area contributed by atoms with Crippen LogP contribution in [0.25, 0.3) is 6.08 Å². The molecule has 0 bridgehead atoms. The smallest absolute Gasteiger partial charge is 0.192 e. The van der Waals surface area contributed by atoms with Gasteiger partial charge in [0.25, 0.3) is 0 Å². The van der Waals surface area contributed by atoms with Gasteiger partial charge in [-0.15, -0.1) is 0 Å². The predicted molar refractivity (Wildman–Crippen MR) is 83.5 cm³/mol. The van der Waals surface area contributed by atoms with Gasteiger partial charge in [-0.2, -0.15) is 0 Å². The lowest BCUT2D eigenvalue weighted by atomic mass is 9.99. The van der Waals surface area contributed by atoms with E-state index in [9.17, 15) is 14.3 Å². The minimum absolute atomic E-state index is 0.00869. The van der Waals surface area contributed by atoms with Crippen LogP contribution >= 0.6 is 0 Å². The lowest BCUT2D eigenvalue weighted by Gasteiger charge is -2.06. The van der Waals surface area contributed by atoms with Crippen LogP contribution in [0.15, 0.2) is 42.0 Å². The first-order valence-corrected chi connectivity index (χ1v) is 7.13. The first-order valence-electron chi connectivity index (χ1n) is 7.13. The zero-order valence-corrected chi connectivity index (χ0v) is 12.5. The Morgan fingerprint density at radius 2 is 2.09 bits per heavy atom. The molecular weight excluding hydrogens is 299 g/mol. The summed E-state index contributed by atoms with van der Waals surface area (Å²) in [5.41, 5.74) is 1.37. The van der Waals surface area contributed by atoms with Crippen LogP contribution in [-0.4, -0.2) is 24.6 Å². The zero-order valence-electron chi connectivity index (χ0n) is 12.5. The Hall–Kier alpha value is -2.82. The van der Waals surface area contributed by atoms with Crippen molar-refractivity contribution in [3.8, 4) is 17.2 Å². The van der Waals surface area contributed by atoms with E-state index in [2.05, 4.69) is 0 Å². The highest BCUT2D eigenvalue weighted by atomic mass is 19.1. The van der Waals surface area contributed by atoms with Gasteiger partial charge in [0.2, 0.25) is 0 Å². The molecule has 0 unspecified atom stereocenters. The van der Waals surface area contributed by atoms with E-state index in [0.29, 0.717) is 35.7 Å². The number of methoxy groups -OCH3 is 1. The number of hydrogen-bond donors (Lipinski definition) is 1. The third-order valence-electron chi connectivity index (χ3n) is 3.65. The number of fused-ring (bicyclic) bond motifs is 1. The summed E-state index contributed by atoms with van der Waals surface area (Å²) in [5.74, 6) is -0.0190. The molecule has 1 aliphatic heterocycles. The molecule has 5 heteroatoms. The van der Waals surface area contributed by atoms with Crippen molar-refractivity contribution in [2.45, 2.75) is 6.42 Å². The SMILES string of the molecule is COc1ccc(/C=C2\CCOc3ccc(F)cc3C2=O)cc1O. The number of halogens is 1. The molecule has 0 fully saturated rings. The van der Waals surface area contributed by atoms with Crippen LogP contribution in [0.3, 0.4) is 0 Å². The van der Waals surface area contributed by atoms with Crippen molar-refractivity contribution in [3.63, 3.8) is 0 Å². The van der Waals surface area contributed by atoms with E-state index < -0.39 is 5.82 Å². The fourth-order valence-electron chi connectivity index (χ4n) is 2.50. The van der Waals surface area contributed by atoms with Crippen LogP contribution in [0, 0.1) is 5.82 Å². The Bertz CT molecular complexity index is 796. The normalized spacial score (nSPS) is 15.7. The topological polar surface area (TPSA) is 55.8 Å². The van der Waals surface area contributed by atoms with Gasteiger partial charge in [-0.1, -0.05) is 6.07 Å². The van der Waals surface area contributed by atoms with Crippen LogP contribution in [0.4, 0.5) is 4.39 Å². The second kappa shape index (κ2) is 6.12. The number of phenolic OH excluding ortho intramolecular Hbond substituents is 1. The number of rotatable bonds is 2. The number of ketones is 1. The number of hydrogen-bond acceptors (Lipinski definition) is 4. The summed E-state index contributed by atoms with van der Waals surface area (Å²) in [6.07, 6.45) is 2.08. The standard InChI is InChI=1S/C18H15FO4/c1-22-17-4-2-11(9-15(17)20)8-12-6-7-23-16-5-3-13(19)10-14(16)18(12)21/h2-5,8-10,20H,6-7H2,1H3/b12-8+. The number of phenols is 1. The van der Waals surface area contributed by atoms with Gasteiger partial charge in [0.05, 0.1) is 19.3 Å². The van der Waals surface area contributed by atoms with E-state index in [4.69, 9.17) is 9.47 Å². The fraction of sp³-hybridized carbons (Fsp3) is 0.167. The highest BCUT2D eigenvalue weighted by Crippen LogP contribution is 2.30. The number of carbonyl (C=O) groups excluding carboxylic acids is 1. The molecule has 0 amide bonds. The molecule has 2 aromatic rings. The Balaban J connectivity index is 1.99. The molecule has 0 saturated heterocycles. The van der Waals surface area contributed by atoms with E-state index in [1.807, 2.05) is 0 Å². The Morgan fingerprint density at radius 1 is 1.26 bits per heavy atom. The molecule has 2 aromatic carbocycles. The second-order valence-corrected chi connectivity index (χ2v) is 5.17. The zero-order chi connectivity index (χ0) is 16.4. The molecule has 0 spiro atoms. The molecule has 4 nitrogen and oxygen atoms in total. The van der Waals surface area contributed by atoms with Gasteiger partial charge in [0.15, 0.2) is 17.3 Å². The molecule has 0 radical (unpaired) electrons. The maximum Gasteiger partial charge on any atom is 0.192 e. The maximum atomic E-state index is 13.4. The summed E-state index contributed by atoms with van der Waals surface area (Å²) in [7, 11) is 1.46. The second-order valence-electron chi connectivity index (χ2n) is 5.17. The number of benzene rings is 2. The molecular formula is C18H15FO4. The van der Waals surface area contributed by atoms with Crippen molar-refractivity contribution < 1.29 is 23.8 Å². The summed E-state index contributed by atoms with van der Waals surface area (Å²) in [5, 5.41) is 9.82. The Kier molecular flexibility index (Phi) is 4.02. The molecule has 1 heterocycles. The summed E-state index contributed by atoms with van der Waals surface area (Å²) < 4.78 is 23.9. The summed E-state index contributed by atoms with van der Waals surface area (Å²) in [6, 6.07) is 8.77. The predicted octanol–water partition coefficient (Wildman–Crippen LogP) is 3.59. The Labute approximate surface area is 132 Å². The van der Waals surface area contributed by atoms with E-state index in [1.165, 1.54) is 31.4 Å². The summed E-state index contributed by atoms with van der Waals surface area (Å²) in [4.78, 5) is 12.6. The van der Waals surface area contributed by atoms with Gasteiger partial charge in [0.1, 0.15) is 11.6 Å². The van der Waals surface area contributed by atoms with Crippen molar-refractivity contribution in [2.75, 3.05) is 13.7 Å². The third-order valence-corrected chi connectivity index (χ3v) is 3.65. The van der Waals surface area contributed by atoms with E-state index >= 15 is 0 Å². The minimum atomic E-state index is -0.482. The van der Waals surface area contributed by atoms with Crippen LogP contribution in [0.1, 0.15) is 22.3 Å². The van der Waals surface area contributed by atoms with Gasteiger partial charge in [-0.05, 0) is 42.0 Å². The van der Waals surface area contributed by atoms with Gasteiger partial charge < -0.3 is 14.6 Å². The van der Waals surface area contributed by atoms with Crippen LogP contribution in [-0.2, 0) is 0 Å². The first-order chi connectivity index (χ1) is 11.1.